The van der Waals surface area contributed by atoms with E-state index in [-0.39, 0.29) is 29.3 Å². The number of hydrogen-bond donors (Lipinski definition) is 1. The van der Waals surface area contributed by atoms with Crippen molar-refractivity contribution in [3.8, 4) is 0 Å². The second-order valence-electron chi connectivity index (χ2n) is 8.64. The molecular formula is C23H28N4O4S. The fourth-order valence-corrected chi connectivity index (χ4v) is 6.12. The number of fused-ring (bicyclic) bond motifs is 1. The van der Waals surface area contributed by atoms with Crippen molar-refractivity contribution in [2.75, 3.05) is 23.3 Å². The highest BCUT2D eigenvalue weighted by Gasteiger charge is 2.35. The average molecular weight is 457 g/mol. The number of carbonyl (C=O) groups is 2. The summed E-state index contributed by atoms with van der Waals surface area (Å²) >= 11 is 0. The fraction of sp³-hybridized carbons (Fsp3) is 0.435. The molecule has 0 unspecified atom stereocenters. The smallest absolute Gasteiger partial charge is 0.243 e. The molecule has 2 atom stereocenters. The van der Waals surface area contributed by atoms with Crippen LogP contribution in [-0.4, -0.2) is 48.7 Å². The summed E-state index contributed by atoms with van der Waals surface area (Å²) in [6.45, 7) is 5.89. The molecule has 2 amide bonds. The molecule has 2 aliphatic rings. The molecular weight excluding hydrogens is 428 g/mol. The lowest BCUT2D eigenvalue weighted by atomic mass is 9.99. The number of sulfonamides is 1. The first kappa shape index (κ1) is 22.4. The van der Waals surface area contributed by atoms with Crippen molar-refractivity contribution in [3.05, 3.63) is 47.7 Å². The van der Waals surface area contributed by atoms with Gasteiger partial charge >= 0.3 is 0 Å². The Morgan fingerprint density at radius 2 is 1.97 bits per heavy atom. The number of aromatic nitrogens is 1. The second-order valence-corrected chi connectivity index (χ2v) is 10.6. The summed E-state index contributed by atoms with van der Waals surface area (Å²) in [5, 5.41) is 2.80. The van der Waals surface area contributed by atoms with Crippen LogP contribution < -0.4 is 10.2 Å². The predicted molar refractivity (Wildman–Crippen MR) is 122 cm³/mol. The topological polar surface area (TPSA) is 99.7 Å². The molecule has 2 aliphatic heterocycles. The van der Waals surface area contributed by atoms with Crippen molar-refractivity contribution < 1.29 is 18.0 Å². The van der Waals surface area contributed by atoms with E-state index in [0.29, 0.717) is 31.6 Å². The van der Waals surface area contributed by atoms with E-state index >= 15 is 0 Å². The molecule has 4 rings (SSSR count). The van der Waals surface area contributed by atoms with Gasteiger partial charge in [-0.05, 0) is 68.5 Å². The maximum absolute atomic E-state index is 13.3. The van der Waals surface area contributed by atoms with E-state index in [1.165, 1.54) is 11.2 Å². The molecule has 3 heterocycles. The number of pyridine rings is 1. The van der Waals surface area contributed by atoms with Crippen LogP contribution in [-0.2, 0) is 26.0 Å². The van der Waals surface area contributed by atoms with Crippen molar-refractivity contribution in [3.63, 3.8) is 0 Å². The number of rotatable bonds is 4. The van der Waals surface area contributed by atoms with Crippen molar-refractivity contribution in [1.29, 1.82) is 0 Å². The number of benzene rings is 1. The highest BCUT2D eigenvalue weighted by Crippen LogP contribution is 2.35. The van der Waals surface area contributed by atoms with Gasteiger partial charge in [-0.3, -0.25) is 9.59 Å². The van der Waals surface area contributed by atoms with Crippen LogP contribution >= 0.6 is 0 Å². The lowest BCUT2D eigenvalue weighted by Crippen LogP contribution is -2.43. The Bertz CT molecular complexity index is 1150. The van der Waals surface area contributed by atoms with Gasteiger partial charge in [0.1, 0.15) is 5.82 Å². The number of hydrogen-bond acceptors (Lipinski definition) is 5. The van der Waals surface area contributed by atoms with Gasteiger partial charge in [0, 0.05) is 37.9 Å². The quantitative estimate of drug-likeness (QED) is 0.763. The summed E-state index contributed by atoms with van der Waals surface area (Å²) in [6, 6.07) is 8.54. The number of anilines is 2. The first-order chi connectivity index (χ1) is 15.2. The molecule has 1 saturated heterocycles. The molecule has 8 nitrogen and oxygen atoms in total. The van der Waals surface area contributed by atoms with Crippen LogP contribution in [0.5, 0.6) is 0 Å². The summed E-state index contributed by atoms with van der Waals surface area (Å²) in [5.74, 6) is -0.256. The van der Waals surface area contributed by atoms with Crippen LogP contribution in [0.4, 0.5) is 11.5 Å². The largest absolute Gasteiger partial charge is 0.310 e. The third-order valence-corrected chi connectivity index (χ3v) is 8.02. The molecule has 0 bridgehead atoms. The summed E-state index contributed by atoms with van der Waals surface area (Å²) < 4.78 is 28.1. The van der Waals surface area contributed by atoms with Gasteiger partial charge in [0.05, 0.1) is 10.8 Å². The molecule has 170 valence electrons. The predicted octanol–water partition coefficient (Wildman–Crippen LogP) is 2.73. The van der Waals surface area contributed by atoms with E-state index < -0.39 is 15.9 Å². The lowest BCUT2D eigenvalue weighted by molar-refractivity contribution is -0.121. The Hall–Kier alpha value is -2.78. The maximum atomic E-state index is 13.3. The van der Waals surface area contributed by atoms with Crippen LogP contribution in [0.25, 0.3) is 0 Å². The van der Waals surface area contributed by atoms with Crippen LogP contribution in [0.15, 0.2) is 41.4 Å². The average Bonchev–Trinajstić information content (AvgIpc) is 3.10. The number of piperidine rings is 1. The Kier molecular flexibility index (Phi) is 6.05. The third-order valence-electron chi connectivity index (χ3n) is 6.16. The zero-order valence-electron chi connectivity index (χ0n) is 18.5. The van der Waals surface area contributed by atoms with Gasteiger partial charge in [0.25, 0.3) is 0 Å². The molecule has 1 aromatic carbocycles. The Morgan fingerprint density at radius 3 is 2.66 bits per heavy atom. The molecule has 0 aliphatic carbocycles. The minimum atomic E-state index is -3.75. The van der Waals surface area contributed by atoms with Gasteiger partial charge in [-0.1, -0.05) is 6.07 Å². The van der Waals surface area contributed by atoms with Gasteiger partial charge in [0.2, 0.25) is 21.8 Å². The fourth-order valence-electron chi connectivity index (χ4n) is 4.54. The highest BCUT2D eigenvalue weighted by molar-refractivity contribution is 7.89. The SMILES string of the molecule is CC(=O)N1c2ccc(S(=O)(=O)N3CCC[C@@H](C(=O)Nc4ccc(C)cn4)C3)cc2C[C@H]1C. The van der Waals surface area contributed by atoms with Crippen molar-refractivity contribution in [2.24, 2.45) is 5.92 Å². The Labute approximate surface area is 188 Å². The van der Waals surface area contributed by atoms with Gasteiger partial charge in [0.15, 0.2) is 0 Å². The molecule has 1 aromatic heterocycles. The monoisotopic (exact) mass is 456 g/mol. The minimum Gasteiger partial charge on any atom is -0.310 e. The highest BCUT2D eigenvalue weighted by atomic mass is 32.2. The lowest BCUT2D eigenvalue weighted by Gasteiger charge is -2.31. The zero-order valence-corrected chi connectivity index (χ0v) is 19.4. The molecule has 0 spiro atoms. The molecule has 9 heteroatoms. The minimum absolute atomic E-state index is 0.00102. The second kappa shape index (κ2) is 8.63. The molecule has 2 aromatic rings. The van der Waals surface area contributed by atoms with Crippen molar-refractivity contribution >= 4 is 33.3 Å². The van der Waals surface area contributed by atoms with E-state index in [1.807, 2.05) is 19.9 Å². The standard InChI is InChI=1S/C23H28N4O4S/c1-15-6-9-22(24-13-15)25-23(29)18-5-4-10-26(14-18)32(30,31)20-7-8-21-19(12-20)11-16(2)27(21)17(3)28/h6-9,12-13,16,18H,4-5,10-11,14H2,1-3H3,(H,24,25,29)/t16-,18-/m1/s1. The van der Waals surface area contributed by atoms with Gasteiger partial charge in [-0.15, -0.1) is 0 Å². The third kappa shape index (κ3) is 4.27. The van der Waals surface area contributed by atoms with Gasteiger partial charge in [-0.2, -0.15) is 4.31 Å². The molecule has 0 radical (unpaired) electrons. The molecule has 32 heavy (non-hydrogen) atoms. The summed E-state index contributed by atoms with van der Waals surface area (Å²) in [7, 11) is -3.75. The summed E-state index contributed by atoms with van der Waals surface area (Å²) in [5.41, 5.74) is 2.61. The molecule has 0 saturated carbocycles. The number of aryl methyl sites for hydroxylation is 1. The van der Waals surface area contributed by atoms with Crippen LogP contribution in [0.2, 0.25) is 0 Å². The van der Waals surface area contributed by atoms with Crippen LogP contribution in [0, 0.1) is 12.8 Å². The number of nitrogens with one attached hydrogen (secondary N) is 1. The first-order valence-electron chi connectivity index (χ1n) is 10.8. The molecule has 1 fully saturated rings. The van der Waals surface area contributed by atoms with Crippen molar-refractivity contribution in [1.82, 2.24) is 9.29 Å². The molecule has 1 N–H and O–H groups in total. The van der Waals surface area contributed by atoms with Gasteiger partial charge < -0.3 is 10.2 Å². The number of nitrogens with zero attached hydrogens (tertiary/aromatic N) is 3. The van der Waals surface area contributed by atoms with Crippen LogP contribution in [0.3, 0.4) is 0 Å². The normalized spacial score (nSPS) is 21.3. The Balaban J connectivity index is 1.50. The Morgan fingerprint density at radius 1 is 1.19 bits per heavy atom. The maximum Gasteiger partial charge on any atom is 0.243 e. The van der Waals surface area contributed by atoms with Gasteiger partial charge in [-0.25, -0.2) is 13.4 Å². The van der Waals surface area contributed by atoms with E-state index in [1.54, 1.807) is 35.4 Å². The number of carbonyl (C=O) groups excluding carboxylic acids is 2. The van der Waals surface area contributed by atoms with E-state index in [0.717, 1.165) is 16.8 Å². The van der Waals surface area contributed by atoms with Crippen LogP contribution in [0.1, 0.15) is 37.8 Å². The van der Waals surface area contributed by atoms with E-state index in [9.17, 15) is 18.0 Å². The summed E-state index contributed by atoms with van der Waals surface area (Å²) in [6.07, 6.45) is 3.53. The summed E-state index contributed by atoms with van der Waals surface area (Å²) in [4.78, 5) is 30.8. The zero-order chi connectivity index (χ0) is 23.0. The first-order valence-corrected chi connectivity index (χ1v) is 12.3. The van der Waals surface area contributed by atoms with E-state index in [4.69, 9.17) is 0 Å². The number of amides is 2. The van der Waals surface area contributed by atoms with E-state index in [2.05, 4.69) is 10.3 Å². The van der Waals surface area contributed by atoms with Crippen molar-refractivity contribution in [2.45, 2.75) is 51.0 Å².